The monoisotopic (exact) mass is 739 g/mol. The maximum absolute atomic E-state index is 9.87. The van der Waals surface area contributed by atoms with Crippen LogP contribution in [0.4, 0.5) is 17.1 Å². The summed E-state index contributed by atoms with van der Waals surface area (Å²) in [6.07, 6.45) is 0. The molecule has 0 unspecified atom stereocenters. The van der Waals surface area contributed by atoms with Crippen LogP contribution in [0.3, 0.4) is 0 Å². The van der Waals surface area contributed by atoms with Crippen molar-refractivity contribution in [2.75, 3.05) is 4.90 Å². The third kappa shape index (κ3) is 6.66. The molecule has 57 heavy (non-hydrogen) atoms. The van der Waals surface area contributed by atoms with E-state index in [1.54, 1.807) is 72.8 Å². The predicted octanol–water partition coefficient (Wildman–Crippen LogP) is 15.8. The van der Waals surface area contributed by atoms with Gasteiger partial charge in [-0.3, -0.25) is 0 Å². The van der Waals surface area contributed by atoms with Crippen LogP contribution in [-0.2, 0) is 0 Å². The highest BCUT2D eigenvalue weighted by atomic mass is 15.1. The van der Waals surface area contributed by atoms with E-state index in [0.29, 0.717) is 11.1 Å². The van der Waals surface area contributed by atoms with Crippen molar-refractivity contribution >= 4 is 38.6 Å². The molecule has 0 saturated carbocycles. The van der Waals surface area contributed by atoms with Gasteiger partial charge in [0.05, 0.1) is 24.9 Å². The number of fused-ring (bicyclic) bond motifs is 2. The third-order valence-corrected chi connectivity index (χ3v) is 9.90. The number of rotatable bonds is 8. The van der Waals surface area contributed by atoms with Crippen molar-refractivity contribution in [3.05, 3.63) is 236 Å². The lowest BCUT2D eigenvalue weighted by Crippen LogP contribution is -2.11. The van der Waals surface area contributed by atoms with Crippen molar-refractivity contribution in [2.24, 2.45) is 0 Å². The number of hydrogen-bond donors (Lipinski definition) is 0. The Bertz CT molecular complexity index is 3760. The standard InChI is InChI=1S/C56H39N/c1-4-14-40(15-5-1)49-31-37-55(54(39-49)43-17-6-2-7-18-43)57(50-32-26-42(27-33-50)48-25-24-41-16-10-11-22-47(41)38-48)51-34-28-45(29-35-51)53-36-30-44-19-12-13-23-52(44)56(53)46-20-8-3-9-21-46/h1-39H/i10D,11D,16D,22D,24D,25D,26D,27D,31D,32D,33D,37D,38D,39D. The summed E-state index contributed by atoms with van der Waals surface area (Å²) >= 11 is 0. The summed E-state index contributed by atoms with van der Waals surface area (Å²) in [6, 6.07) is 38.5. The van der Waals surface area contributed by atoms with Gasteiger partial charge in [0, 0.05) is 16.9 Å². The van der Waals surface area contributed by atoms with Gasteiger partial charge in [-0.1, -0.05) is 194 Å². The second-order valence-electron chi connectivity index (χ2n) is 13.4. The normalized spacial score (nSPS) is 14.6. The van der Waals surface area contributed by atoms with E-state index in [0.717, 1.165) is 33.0 Å². The molecule has 10 rings (SSSR count). The zero-order chi connectivity index (χ0) is 50.2. The van der Waals surface area contributed by atoms with Crippen LogP contribution in [0.2, 0.25) is 0 Å². The molecule has 0 heterocycles. The highest BCUT2D eigenvalue weighted by molar-refractivity contribution is 6.04. The molecule has 0 radical (unpaired) electrons. The second-order valence-corrected chi connectivity index (χ2v) is 13.4. The predicted molar refractivity (Wildman–Crippen MR) is 243 cm³/mol. The Morgan fingerprint density at radius 2 is 0.895 bits per heavy atom. The summed E-state index contributed by atoms with van der Waals surface area (Å²) in [5, 5.41) is 1.27. The Labute approximate surface area is 354 Å². The Kier molecular flexibility index (Phi) is 5.83. The quantitative estimate of drug-likeness (QED) is 0.150. The molecule has 10 aromatic rings. The molecule has 1 nitrogen and oxygen atoms in total. The maximum atomic E-state index is 9.87. The maximum Gasteiger partial charge on any atom is 0.0645 e. The van der Waals surface area contributed by atoms with E-state index < -0.39 is 83.0 Å². The first-order chi connectivity index (χ1) is 34.1. The molecular formula is C56H39N. The summed E-state index contributed by atoms with van der Waals surface area (Å²) in [6.45, 7) is 0. The smallest absolute Gasteiger partial charge is 0.0645 e. The van der Waals surface area contributed by atoms with E-state index in [4.69, 9.17) is 8.22 Å². The second kappa shape index (κ2) is 15.0. The summed E-state index contributed by atoms with van der Waals surface area (Å²) in [5.74, 6) is 0. The van der Waals surface area contributed by atoms with Crippen molar-refractivity contribution in [3.8, 4) is 55.6 Å². The van der Waals surface area contributed by atoms with E-state index in [1.807, 2.05) is 72.8 Å². The minimum absolute atomic E-state index is 0.0830. The molecule has 0 saturated heterocycles. The summed E-state index contributed by atoms with van der Waals surface area (Å²) in [7, 11) is 0. The van der Waals surface area contributed by atoms with Gasteiger partial charge >= 0.3 is 0 Å². The first-order valence-corrected chi connectivity index (χ1v) is 18.5. The molecular weight excluding hydrogens is 687 g/mol. The molecule has 0 aliphatic heterocycles. The van der Waals surface area contributed by atoms with Crippen molar-refractivity contribution in [3.63, 3.8) is 0 Å². The highest BCUT2D eigenvalue weighted by Crippen LogP contribution is 2.45. The fourth-order valence-electron chi connectivity index (χ4n) is 7.17. The van der Waals surface area contributed by atoms with Gasteiger partial charge in [0.25, 0.3) is 0 Å². The number of hydrogen-bond acceptors (Lipinski definition) is 1. The summed E-state index contributed by atoms with van der Waals surface area (Å²) in [4.78, 5) is 1.36. The Morgan fingerprint density at radius 3 is 1.63 bits per heavy atom. The Hall–Kier alpha value is -7.48. The molecule has 0 bridgehead atoms. The van der Waals surface area contributed by atoms with E-state index >= 15 is 0 Å². The number of nitrogens with zero attached hydrogens (tertiary/aromatic N) is 1. The molecule has 0 atom stereocenters. The molecule has 0 fully saturated rings. The molecule has 0 N–H and O–H groups in total. The van der Waals surface area contributed by atoms with E-state index in [-0.39, 0.29) is 51.7 Å². The summed E-state index contributed by atoms with van der Waals surface area (Å²) < 4.78 is 129. The third-order valence-electron chi connectivity index (χ3n) is 9.90. The van der Waals surface area contributed by atoms with Crippen LogP contribution in [0, 0.1) is 0 Å². The average Bonchev–Trinajstić information content (AvgIpc) is 3.39. The van der Waals surface area contributed by atoms with Gasteiger partial charge in [-0.25, -0.2) is 0 Å². The minimum atomic E-state index is -0.737. The van der Waals surface area contributed by atoms with Gasteiger partial charge in [-0.2, -0.15) is 0 Å². The zero-order valence-electron chi connectivity index (χ0n) is 44.4. The van der Waals surface area contributed by atoms with Crippen LogP contribution >= 0.6 is 0 Å². The van der Waals surface area contributed by atoms with Gasteiger partial charge in [0.15, 0.2) is 0 Å². The first kappa shape index (κ1) is 22.2. The highest BCUT2D eigenvalue weighted by Gasteiger charge is 2.20. The van der Waals surface area contributed by atoms with Crippen molar-refractivity contribution in [1.29, 1.82) is 0 Å². The molecule has 10 aromatic carbocycles. The number of benzene rings is 10. The van der Waals surface area contributed by atoms with E-state index in [9.17, 15) is 11.0 Å². The van der Waals surface area contributed by atoms with Gasteiger partial charge < -0.3 is 4.90 Å². The lowest BCUT2D eigenvalue weighted by molar-refractivity contribution is 1.28. The minimum Gasteiger partial charge on any atom is -0.310 e. The van der Waals surface area contributed by atoms with Crippen LogP contribution < -0.4 is 4.90 Å². The van der Waals surface area contributed by atoms with Crippen molar-refractivity contribution in [1.82, 2.24) is 0 Å². The van der Waals surface area contributed by atoms with Crippen LogP contribution in [0.5, 0.6) is 0 Å². The summed E-state index contributed by atoms with van der Waals surface area (Å²) in [5.41, 5.74) is 3.69. The lowest BCUT2D eigenvalue weighted by atomic mass is 9.89. The molecule has 0 aromatic heterocycles. The van der Waals surface area contributed by atoms with Gasteiger partial charge in [0.1, 0.15) is 0 Å². The molecule has 0 spiro atoms. The van der Waals surface area contributed by atoms with Crippen LogP contribution in [-0.4, -0.2) is 0 Å². The molecule has 0 aliphatic carbocycles. The SMILES string of the molecule is [2H]c1c([2H])c(N(c2ccc(-c3ccc4ccccc4c3-c3ccccc3)cc2)c2c([2H])c([2H])c(-c3c([2H])c([2H])c4c([2H])c([2H])c([2H])c([2H])c4c3[2H])c([2H])c2[2H])c(-c2ccccc2)c([2H])c1-c1ccccc1. The molecule has 268 valence electrons. The topological polar surface area (TPSA) is 3.24 Å². The van der Waals surface area contributed by atoms with Crippen LogP contribution in [0.15, 0.2) is 236 Å². The molecule has 1 heteroatoms. The lowest BCUT2D eigenvalue weighted by Gasteiger charge is -2.29. The fraction of sp³-hybridized carbons (Fsp3) is 0. The van der Waals surface area contributed by atoms with Crippen molar-refractivity contribution < 1.29 is 19.2 Å². The van der Waals surface area contributed by atoms with Crippen LogP contribution in [0.1, 0.15) is 19.2 Å². The van der Waals surface area contributed by atoms with E-state index in [1.165, 1.54) is 4.90 Å². The first-order valence-electron chi connectivity index (χ1n) is 25.5. The molecule has 0 aliphatic rings. The van der Waals surface area contributed by atoms with Crippen molar-refractivity contribution in [2.45, 2.75) is 0 Å². The van der Waals surface area contributed by atoms with E-state index in [2.05, 4.69) is 6.07 Å². The average molecular weight is 740 g/mol. The van der Waals surface area contributed by atoms with Gasteiger partial charge in [-0.05, 0) is 114 Å². The number of anilines is 3. The molecule has 0 amide bonds. The fourth-order valence-corrected chi connectivity index (χ4v) is 7.17. The van der Waals surface area contributed by atoms with Gasteiger partial charge in [0.2, 0.25) is 0 Å². The zero-order valence-corrected chi connectivity index (χ0v) is 30.4. The van der Waals surface area contributed by atoms with Gasteiger partial charge in [-0.15, -0.1) is 0 Å². The van der Waals surface area contributed by atoms with Crippen LogP contribution in [0.25, 0.3) is 77.2 Å². The Morgan fingerprint density at radius 1 is 0.316 bits per heavy atom. The largest absolute Gasteiger partial charge is 0.310 e. The Balaban J connectivity index is 1.28.